The number of nitrogens with one attached hydrogen (secondary N) is 1. The molecule has 0 aliphatic heterocycles. The molecule has 3 heteroatoms. The second kappa shape index (κ2) is 7.56. The van der Waals surface area contributed by atoms with Crippen LogP contribution < -0.4 is 10.1 Å². The van der Waals surface area contributed by atoms with Crippen LogP contribution in [0.25, 0.3) is 0 Å². The standard InChI is InChI=1S/C17H21NO2/c1-3-20-17-10-6-9-16(11-17)18-12-14-7-4-5-8-15(14)13-19-2/h4-11,18H,3,12-13H2,1-2H3. The van der Waals surface area contributed by atoms with Crippen LogP contribution in [0.1, 0.15) is 18.1 Å². The number of benzene rings is 2. The molecule has 2 rings (SSSR count). The van der Waals surface area contributed by atoms with Crippen molar-refractivity contribution in [1.82, 2.24) is 0 Å². The second-order valence-electron chi connectivity index (χ2n) is 4.52. The van der Waals surface area contributed by atoms with Gasteiger partial charge in [0.05, 0.1) is 13.2 Å². The SMILES string of the molecule is CCOc1cccc(NCc2ccccc2COC)c1. The molecule has 2 aromatic rings. The Morgan fingerprint density at radius 2 is 1.80 bits per heavy atom. The molecular weight excluding hydrogens is 250 g/mol. The summed E-state index contributed by atoms with van der Waals surface area (Å²) in [5.74, 6) is 0.891. The molecule has 0 spiro atoms. The van der Waals surface area contributed by atoms with Gasteiger partial charge < -0.3 is 14.8 Å². The molecule has 2 aromatic carbocycles. The molecule has 0 saturated heterocycles. The lowest BCUT2D eigenvalue weighted by atomic mass is 10.1. The van der Waals surface area contributed by atoms with Gasteiger partial charge in [-0.1, -0.05) is 30.3 Å². The maximum absolute atomic E-state index is 5.50. The van der Waals surface area contributed by atoms with Crippen LogP contribution in [0, 0.1) is 0 Å². The first-order chi connectivity index (χ1) is 9.83. The zero-order chi connectivity index (χ0) is 14.2. The molecule has 0 radical (unpaired) electrons. The van der Waals surface area contributed by atoms with E-state index in [1.54, 1.807) is 7.11 Å². The van der Waals surface area contributed by atoms with E-state index in [2.05, 4.69) is 17.4 Å². The molecule has 3 nitrogen and oxygen atoms in total. The first-order valence-electron chi connectivity index (χ1n) is 6.86. The second-order valence-corrected chi connectivity index (χ2v) is 4.52. The monoisotopic (exact) mass is 271 g/mol. The fraction of sp³-hybridized carbons (Fsp3) is 0.294. The topological polar surface area (TPSA) is 30.5 Å². The molecule has 0 atom stereocenters. The van der Waals surface area contributed by atoms with E-state index in [-0.39, 0.29) is 0 Å². The fourth-order valence-corrected chi connectivity index (χ4v) is 2.09. The molecule has 106 valence electrons. The molecule has 0 heterocycles. The summed E-state index contributed by atoms with van der Waals surface area (Å²) in [5, 5.41) is 3.42. The van der Waals surface area contributed by atoms with E-state index in [9.17, 15) is 0 Å². The van der Waals surface area contributed by atoms with Gasteiger partial charge in [0.25, 0.3) is 0 Å². The third kappa shape index (κ3) is 4.00. The van der Waals surface area contributed by atoms with Crippen LogP contribution in [-0.4, -0.2) is 13.7 Å². The highest BCUT2D eigenvalue weighted by atomic mass is 16.5. The first kappa shape index (κ1) is 14.4. The number of hydrogen-bond donors (Lipinski definition) is 1. The average molecular weight is 271 g/mol. The number of rotatable bonds is 7. The van der Waals surface area contributed by atoms with Gasteiger partial charge in [-0.3, -0.25) is 0 Å². The van der Waals surface area contributed by atoms with Gasteiger partial charge in [-0.05, 0) is 30.2 Å². The molecule has 0 aliphatic rings. The number of hydrogen-bond acceptors (Lipinski definition) is 3. The highest BCUT2D eigenvalue weighted by molar-refractivity contribution is 5.49. The van der Waals surface area contributed by atoms with Crippen LogP contribution >= 0.6 is 0 Å². The van der Waals surface area contributed by atoms with E-state index in [1.165, 1.54) is 11.1 Å². The molecule has 20 heavy (non-hydrogen) atoms. The molecule has 1 N–H and O–H groups in total. The molecule has 0 bridgehead atoms. The number of methoxy groups -OCH3 is 1. The van der Waals surface area contributed by atoms with Gasteiger partial charge in [0.2, 0.25) is 0 Å². The predicted molar refractivity (Wildman–Crippen MR) is 82.1 cm³/mol. The van der Waals surface area contributed by atoms with Crippen molar-refractivity contribution >= 4 is 5.69 Å². The zero-order valence-corrected chi connectivity index (χ0v) is 12.1. The summed E-state index contributed by atoms with van der Waals surface area (Å²) in [6.07, 6.45) is 0. The normalized spacial score (nSPS) is 10.3. The van der Waals surface area contributed by atoms with Crippen LogP contribution in [0.3, 0.4) is 0 Å². The summed E-state index contributed by atoms with van der Waals surface area (Å²) < 4.78 is 10.7. The summed E-state index contributed by atoms with van der Waals surface area (Å²) >= 11 is 0. The predicted octanol–water partition coefficient (Wildman–Crippen LogP) is 3.84. The Bertz CT molecular complexity index is 540. The van der Waals surface area contributed by atoms with Crippen LogP contribution in [-0.2, 0) is 17.9 Å². The van der Waals surface area contributed by atoms with Crippen LogP contribution in [0.4, 0.5) is 5.69 Å². The summed E-state index contributed by atoms with van der Waals surface area (Å²) in [4.78, 5) is 0. The van der Waals surface area contributed by atoms with Gasteiger partial charge in [0, 0.05) is 25.4 Å². The van der Waals surface area contributed by atoms with Gasteiger partial charge >= 0.3 is 0 Å². The van der Waals surface area contributed by atoms with Gasteiger partial charge in [-0.15, -0.1) is 0 Å². The Kier molecular flexibility index (Phi) is 5.44. The molecule has 0 aliphatic carbocycles. The molecule has 0 aromatic heterocycles. The lowest BCUT2D eigenvalue weighted by Crippen LogP contribution is -2.04. The van der Waals surface area contributed by atoms with E-state index in [0.29, 0.717) is 13.2 Å². The smallest absolute Gasteiger partial charge is 0.121 e. The Labute approximate surface area is 120 Å². The quantitative estimate of drug-likeness (QED) is 0.830. The Morgan fingerprint density at radius 1 is 1.00 bits per heavy atom. The van der Waals surface area contributed by atoms with Crippen LogP contribution in [0.5, 0.6) is 5.75 Å². The maximum atomic E-state index is 5.50. The van der Waals surface area contributed by atoms with Crippen molar-refractivity contribution in [1.29, 1.82) is 0 Å². The van der Waals surface area contributed by atoms with Crippen molar-refractivity contribution in [3.8, 4) is 5.75 Å². The minimum atomic E-state index is 0.636. The van der Waals surface area contributed by atoms with Gasteiger partial charge in [-0.2, -0.15) is 0 Å². The fourth-order valence-electron chi connectivity index (χ4n) is 2.09. The van der Waals surface area contributed by atoms with Crippen LogP contribution in [0.15, 0.2) is 48.5 Å². The van der Waals surface area contributed by atoms with Gasteiger partial charge in [0.1, 0.15) is 5.75 Å². The molecule has 0 unspecified atom stereocenters. The lowest BCUT2D eigenvalue weighted by molar-refractivity contribution is 0.184. The average Bonchev–Trinajstić information content (AvgIpc) is 2.47. The Morgan fingerprint density at radius 3 is 2.55 bits per heavy atom. The van der Waals surface area contributed by atoms with E-state index >= 15 is 0 Å². The Balaban J connectivity index is 2.03. The first-order valence-corrected chi connectivity index (χ1v) is 6.86. The van der Waals surface area contributed by atoms with Crippen molar-refractivity contribution in [2.45, 2.75) is 20.1 Å². The van der Waals surface area contributed by atoms with Gasteiger partial charge in [0.15, 0.2) is 0 Å². The number of ether oxygens (including phenoxy) is 2. The minimum absolute atomic E-state index is 0.636. The molecule has 0 saturated carbocycles. The van der Waals surface area contributed by atoms with Crippen molar-refractivity contribution in [2.24, 2.45) is 0 Å². The largest absolute Gasteiger partial charge is 0.494 e. The third-order valence-electron chi connectivity index (χ3n) is 3.05. The van der Waals surface area contributed by atoms with E-state index in [0.717, 1.165) is 18.0 Å². The van der Waals surface area contributed by atoms with Crippen molar-refractivity contribution in [3.63, 3.8) is 0 Å². The number of anilines is 1. The highest BCUT2D eigenvalue weighted by Crippen LogP contribution is 2.19. The summed E-state index contributed by atoms with van der Waals surface area (Å²) in [7, 11) is 1.72. The van der Waals surface area contributed by atoms with Gasteiger partial charge in [-0.25, -0.2) is 0 Å². The molecule has 0 amide bonds. The van der Waals surface area contributed by atoms with Crippen molar-refractivity contribution < 1.29 is 9.47 Å². The lowest BCUT2D eigenvalue weighted by Gasteiger charge is -2.12. The summed E-state index contributed by atoms with van der Waals surface area (Å²) in [5.41, 5.74) is 3.52. The molecule has 0 fully saturated rings. The minimum Gasteiger partial charge on any atom is -0.494 e. The highest BCUT2D eigenvalue weighted by Gasteiger charge is 2.02. The maximum Gasteiger partial charge on any atom is 0.121 e. The summed E-state index contributed by atoms with van der Waals surface area (Å²) in [6.45, 7) is 4.08. The van der Waals surface area contributed by atoms with E-state index in [1.807, 2.05) is 43.3 Å². The zero-order valence-electron chi connectivity index (χ0n) is 12.1. The third-order valence-corrected chi connectivity index (χ3v) is 3.05. The van der Waals surface area contributed by atoms with Crippen molar-refractivity contribution in [3.05, 3.63) is 59.7 Å². The van der Waals surface area contributed by atoms with E-state index < -0.39 is 0 Å². The van der Waals surface area contributed by atoms with Crippen LogP contribution in [0.2, 0.25) is 0 Å². The summed E-state index contributed by atoms with van der Waals surface area (Å²) in [6, 6.07) is 16.3. The molecular formula is C17H21NO2. The van der Waals surface area contributed by atoms with E-state index in [4.69, 9.17) is 9.47 Å². The Hall–Kier alpha value is -2.00. The van der Waals surface area contributed by atoms with Crippen molar-refractivity contribution in [2.75, 3.05) is 19.0 Å².